The van der Waals surface area contributed by atoms with Crippen molar-refractivity contribution in [1.82, 2.24) is 4.57 Å². The van der Waals surface area contributed by atoms with Crippen molar-refractivity contribution in [2.45, 2.75) is 18.9 Å². The minimum absolute atomic E-state index is 0.0944. The molecule has 0 radical (unpaired) electrons. The Hall–Kier alpha value is -3.12. The van der Waals surface area contributed by atoms with E-state index in [0.717, 1.165) is 41.0 Å². The molecule has 3 aromatic carbocycles. The minimum atomic E-state index is -0.262. The Morgan fingerprint density at radius 3 is 2.74 bits per heavy atom. The van der Waals surface area contributed by atoms with Gasteiger partial charge in [0, 0.05) is 5.56 Å². The third kappa shape index (κ3) is 3.75. The van der Waals surface area contributed by atoms with E-state index in [1.807, 2.05) is 41.0 Å². The van der Waals surface area contributed by atoms with Gasteiger partial charge in [0.2, 0.25) is 0 Å². The Morgan fingerprint density at radius 2 is 1.89 bits per heavy atom. The number of thiazole rings is 1. The van der Waals surface area contributed by atoms with Gasteiger partial charge < -0.3 is 4.74 Å². The van der Waals surface area contributed by atoms with Crippen molar-refractivity contribution < 1.29 is 4.74 Å². The maximum absolute atomic E-state index is 13.8. The average molecular weight is 519 g/mol. The van der Waals surface area contributed by atoms with Gasteiger partial charge in [0.15, 0.2) is 4.80 Å². The zero-order valence-corrected chi connectivity index (χ0v) is 21.1. The summed E-state index contributed by atoms with van der Waals surface area (Å²) < 4.78 is 7.89. The molecule has 0 bridgehead atoms. The number of allylic oxidation sites excluding steroid dienone is 1. The van der Waals surface area contributed by atoms with Crippen molar-refractivity contribution in [3.8, 4) is 5.75 Å². The number of ether oxygens (including phenoxy) is 1. The van der Waals surface area contributed by atoms with Crippen LogP contribution in [0.1, 0.15) is 34.7 Å². The van der Waals surface area contributed by atoms with Crippen LogP contribution in [0.15, 0.2) is 82.1 Å². The maximum Gasteiger partial charge on any atom is 0.271 e. The second kappa shape index (κ2) is 8.83. The van der Waals surface area contributed by atoms with E-state index in [0.29, 0.717) is 24.9 Å². The molecular formula is C28H20Cl2N2O2S. The average Bonchev–Trinajstić information content (AvgIpc) is 3.20. The molecule has 0 unspecified atom stereocenters. The van der Waals surface area contributed by atoms with E-state index in [1.54, 1.807) is 19.3 Å². The normalized spacial score (nSPS) is 16.9. The van der Waals surface area contributed by atoms with Gasteiger partial charge in [-0.15, -0.1) is 0 Å². The molecule has 0 saturated heterocycles. The van der Waals surface area contributed by atoms with E-state index in [2.05, 4.69) is 24.3 Å². The lowest BCUT2D eigenvalue weighted by molar-refractivity contribution is 0.413. The highest BCUT2D eigenvalue weighted by molar-refractivity contribution is 7.07. The Bertz CT molecular complexity index is 1700. The van der Waals surface area contributed by atoms with Crippen molar-refractivity contribution in [2.75, 3.05) is 7.11 Å². The van der Waals surface area contributed by atoms with Crippen molar-refractivity contribution in [2.24, 2.45) is 4.99 Å². The Balaban J connectivity index is 1.64. The number of hydrogen-bond acceptors (Lipinski definition) is 4. The summed E-state index contributed by atoms with van der Waals surface area (Å²) in [6.45, 7) is 0. The SMILES string of the molecule is COc1cccc([C@@H]2C3=C(N=c4s/c(=C/c5cccc(Cl)c5Cl)c(=O)n42)c2ccccc2CC3)c1. The van der Waals surface area contributed by atoms with Gasteiger partial charge in [-0.3, -0.25) is 9.36 Å². The molecule has 0 N–H and O–H groups in total. The van der Waals surface area contributed by atoms with Gasteiger partial charge in [0.1, 0.15) is 5.75 Å². The third-order valence-electron chi connectivity index (χ3n) is 6.55. The zero-order valence-electron chi connectivity index (χ0n) is 18.8. The highest BCUT2D eigenvalue weighted by Gasteiger charge is 2.32. The van der Waals surface area contributed by atoms with E-state index in [9.17, 15) is 4.79 Å². The summed E-state index contributed by atoms with van der Waals surface area (Å²) in [5.74, 6) is 0.755. The summed E-state index contributed by atoms with van der Waals surface area (Å²) in [5, 5.41) is 0.882. The molecule has 2 heterocycles. The number of halogens is 2. The molecule has 2 aliphatic rings. The second-order valence-corrected chi connectivity index (χ2v) is 10.3. The van der Waals surface area contributed by atoms with Crippen LogP contribution in [-0.2, 0) is 6.42 Å². The molecule has 6 rings (SSSR count). The summed E-state index contributed by atoms with van der Waals surface area (Å²) in [7, 11) is 1.65. The number of nitrogens with zero attached hydrogens (tertiary/aromatic N) is 2. The first-order chi connectivity index (χ1) is 17.0. The van der Waals surface area contributed by atoms with Crippen LogP contribution in [0.2, 0.25) is 10.0 Å². The van der Waals surface area contributed by atoms with Crippen LogP contribution >= 0.6 is 34.5 Å². The smallest absolute Gasteiger partial charge is 0.271 e. The van der Waals surface area contributed by atoms with Crippen LogP contribution < -0.4 is 19.6 Å². The van der Waals surface area contributed by atoms with E-state index in [1.165, 1.54) is 16.9 Å². The van der Waals surface area contributed by atoms with Crippen LogP contribution in [0.4, 0.5) is 0 Å². The number of benzene rings is 3. The number of methoxy groups -OCH3 is 1. The van der Waals surface area contributed by atoms with Crippen molar-refractivity contribution in [3.05, 3.63) is 124 Å². The summed E-state index contributed by atoms with van der Waals surface area (Å²) in [4.78, 5) is 19.5. The highest BCUT2D eigenvalue weighted by atomic mass is 35.5. The van der Waals surface area contributed by atoms with Crippen LogP contribution in [0.5, 0.6) is 5.75 Å². The molecule has 0 amide bonds. The molecular weight excluding hydrogens is 499 g/mol. The fourth-order valence-electron chi connectivity index (χ4n) is 4.91. The van der Waals surface area contributed by atoms with Gasteiger partial charge in [0.05, 0.1) is 33.4 Å². The lowest BCUT2D eigenvalue weighted by Gasteiger charge is -2.31. The molecule has 35 heavy (non-hydrogen) atoms. The van der Waals surface area contributed by atoms with Crippen molar-refractivity contribution in [1.29, 1.82) is 0 Å². The quantitative estimate of drug-likeness (QED) is 0.352. The Morgan fingerprint density at radius 1 is 1.06 bits per heavy atom. The van der Waals surface area contributed by atoms with Crippen LogP contribution in [-0.4, -0.2) is 11.7 Å². The van der Waals surface area contributed by atoms with Gasteiger partial charge in [-0.25, -0.2) is 4.99 Å². The molecule has 1 aliphatic carbocycles. The van der Waals surface area contributed by atoms with Gasteiger partial charge >= 0.3 is 0 Å². The highest BCUT2D eigenvalue weighted by Crippen LogP contribution is 2.41. The fraction of sp³-hybridized carbons (Fsp3) is 0.143. The predicted octanol–water partition coefficient (Wildman–Crippen LogP) is 5.63. The second-order valence-electron chi connectivity index (χ2n) is 8.53. The molecule has 1 atom stereocenters. The molecule has 0 spiro atoms. The van der Waals surface area contributed by atoms with Gasteiger partial charge in [0.25, 0.3) is 5.56 Å². The Labute approximate surface area is 216 Å². The largest absolute Gasteiger partial charge is 0.497 e. The summed E-state index contributed by atoms with van der Waals surface area (Å²) in [6.07, 6.45) is 3.55. The zero-order chi connectivity index (χ0) is 24.1. The molecule has 174 valence electrons. The van der Waals surface area contributed by atoms with E-state index in [-0.39, 0.29) is 11.6 Å². The lowest BCUT2D eigenvalue weighted by Crippen LogP contribution is -2.38. The minimum Gasteiger partial charge on any atom is -0.497 e. The third-order valence-corrected chi connectivity index (χ3v) is 8.37. The molecule has 7 heteroatoms. The molecule has 1 aromatic heterocycles. The van der Waals surface area contributed by atoms with Gasteiger partial charge in [-0.2, -0.15) is 0 Å². The van der Waals surface area contributed by atoms with Crippen LogP contribution in [0, 0.1) is 0 Å². The number of aromatic nitrogens is 1. The standard InChI is InChI=1S/C28H20Cl2N2O2S/c1-34-19-9-4-8-18(14-19)26-21-13-12-16-6-2-3-10-20(16)25(21)31-28-32(26)27(33)23(35-28)15-17-7-5-11-22(29)24(17)30/h2-11,14-15,26H,12-13H2,1H3/b23-15+/t26-/m1/s1. The van der Waals surface area contributed by atoms with E-state index >= 15 is 0 Å². The molecule has 0 fully saturated rings. The van der Waals surface area contributed by atoms with Crippen molar-refractivity contribution >= 4 is 46.3 Å². The number of hydrogen-bond donors (Lipinski definition) is 0. The van der Waals surface area contributed by atoms with E-state index < -0.39 is 0 Å². The van der Waals surface area contributed by atoms with Gasteiger partial charge in [-0.1, -0.05) is 83.1 Å². The molecule has 4 nitrogen and oxygen atoms in total. The first-order valence-electron chi connectivity index (χ1n) is 11.3. The molecule has 1 aliphatic heterocycles. The molecule has 4 aromatic rings. The topological polar surface area (TPSA) is 43.6 Å². The van der Waals surface area contributed by atoms with Crippen LogP contribution in [0.25, 0.3) is 11.8 Å². The van der Waals surface area contributed by atoms with Crippen molar-refractivity contribution in [3.63, 3.8) is 0 Å². The summed E-state index contributed by atoms with van der Waals surface area (Å²) in [5.41, 5.74) is 6.14. The maximum atomic E-state index is 13.8. The number of aryl methyl sites for hydroxylation is 1. The lowest BCUT2D eigenvalue weighted by atomic mass is 9.83. The first-order valence-corrected chi connectivity index (χ1v) is 12.8. The fourth-order valence-corrected chi connectivity index (χ4v) is 6.26. The monoisotopic (exact) mass is 518 g/mol. The number of fused-ring (bicyclic) bond motifs is 3. The first kappa shape index (κ1) is 22.4. The van der Waals surface area contributed by atoms with Crippen LogP contribution in [0.3, 0.4) is 0 Å². The molecule has 0 saturated carbocycles. The number of rotatable bonds is 3. The Kier molecular flexibility index (Phi) is 5.64. The van der Waals surface area contributed by atoms with Gasteiger partial charge in [-0.05, 0) is 59.4 Å². The van der Waals surface area contributed by atoms with E-state index in [4.69, 9.17) is 32.9 Å². The summed E-state index contributed by atoms with van der Waals surface area (Å²) in [6, 6.07) is 21.5. The predicted molar refractivity (Wildman–Crippen MR) is 142 cm³/mol. The summed E-state index contributed by atoms with van der Waals surface area (Å²) >= 11 is 14.0.